The van der Waals surface area contributed by atoms with E-state index in [4.69, 9.17) is 21.6 Å². The van der Waals surface area contributed by atoms with Gasteiger partial charge in [-0.15, -0.1) is 0 Å². The highest BCUT2D eigenvalue weighted by Gasteiger charge is 2.06. The third kappa shape index (κ3) is 3.91. The molecule has 0 bridgehead atoms. The molecule has 0 radical (unpaired) electrons. The number of nitrogens with one attached hydrogen (secondary N) is 1. The van der Waals surface area contributed by atoms with Crippen molar-refractivity contribution in [2.75, 3.05) is 11.9 Å². The zero-order chi connectivity index (χ0) is 14.4. The van der Waals surface area contributed by atoms with Crippen molar-refractivity contribution < 1.29 is 4.74 Å². The van der Waals surface area contributed by atoms with Crippen LogP contribution in [0.3, 0.4) is 0 Å². The maximum Gasteiger partial charge on any atom is 0.174 e. The summed E-state index contributed by atoms with van der Waals surface area (Å²) in [6.07, 6.45) is 0. The van der Waals surface area contributed by atoms with Crippen LogP contribution in [0.25, 0.3) is 0 Å². The molecule has 0 heterocycles. The number of rotatable bonds is 5. The molecule has 2 aromatic carbocycles. The predicted octanol–water partition coefficient (Wildman–Crippen LogP) is 4.42. The molecular weight excluding hydrogens is 272 g/mol. The lowest BCUT2D eigenvalue weighted by molar-refractivity contribution is 0.368. The minimum atomic E-state index is 0.0489. The molecule has 2 aromatic rings. The van der Waals surface area contributed by atoms with Crippen LogP contribution in [0.1, 0.15) is 18.5 Å². The number of benzene rings is 2. The Morgan fingerprint density at radius 1 is 1.25 bits per heavy atom. The highest BCUT2D eigenvalue weighted by molar-refractivity contribution is 6.30. The second kappa shape index (κ2) is 6.83. The maximum atomic E-state index is 8.51. The van der Waals surface area contributed by atoms with E-state index in [1.807, 2.05) is 54.6 Å². The Morgan fingerprint density at radius 3 is 2.80 bits per heavy atom. The molecule has 1 atom stereocenters. The Bertz CT molecular complexity index is 622. The van der Waals surface area contributed by atoms with E-state index < -0.39 is 0 Å². The number of nitrogens with zero attached hydrogens (tertiary/aromatic N) is 1. The number of nitriles is 1. The minimum Gasteiger partial charge on any atom is -0.479 e. The first kappa shape index (κ1) is 14.2. The van der Waals surface area contributed by atoms with E-state index in [-0.39, 0.29) is 12.6 Å². The van der Waals surface area contributed by atoms with Crippen molar-refractivity contribution in [1.82, 2.24) is 0 Å². The summed E-state index contributed by atoms with van der Waals surface area (Å²) in [5, 5.41) is 12.6. The molecular formula is C16H15ClN2O. The van der Waals surface area contributed by atoms with Crippen LogP contribution in [-0.2, 0) is 0 Å². The maximum absolute atomic E-state index is 8.51. The van der Waals surface area contributed by atoms with Crippen LogP contribution in [-0.4, -0.2) is 6.61 Å². The molecule has 0 fully saturated rings. The van der Waals surface area contributed by atoms with Crippen molar-refractivity contribution in [1.29, 1.82) is 5.26 Å². The molecule has 1 N–H and O–H groups in total. The van der Waals surface area contributed by atoms with Gasteiger partial charge in [-0.05, 0) is 36.8 Å². The zero-order valence-electron chi connectivity index (χ0n) is 11.1. The van der Waals surface area contributed by atoms with E-state index in [1.165, 1.54) is 0 Å². The van der Waals surface area contributed by atoms with Gasteiger partial charge in [0.15, 0.2) is 6.61 Å². The number of hydrogen-bond donors (Lipinski definition) is 1. The van der Waals surface area contributed by atoms with Crippen LogP contribution >= 0.6 is 11.6 Å². The zero-order valence-corrected chi connectivity index (χ0v) is 11.9. The largest absolute Gasteiger partial charge is 0.479 e. The van der Waals surface area contributed by atoms with Crippen LogP contribution in [0, 0.1) is 11.3 Å². The topological polar surface area (TPSA) is 45.0 Å². The normalized spacial score (nSPS) is 11.4. The summed E-state index contributed by atoms with van der Waals surface area (Å²) < 4.78 is 5.28. The first-order chi connectivity index (χ1) is 9.69. The SMILES string of the molecule is CC(Nc1cccc(OCC#N)c1)c1cccc(Cl)c1. The van der Waals surface area contributed by atoms with Crippen LogP contribution in [0.4, 0.5) is 5.69 Å². The van der Waals surface area contributed by atoms with Crippen LogP contribution < -0.4 is 10.1 Å². The van der Waals surface area contributed by atoms with Gasteiger partial charge in [-0.1, -0.05) is 29.8 Å². The molecule has 3 nitrogen and oxygen atoms in total. The van der Waals surface area contributed by atoms with Crippen molar-refractivity contribution in [2.45, 2.75) is 13.0 Å². The third-order valence-corrected chi connectivity index (χ3v) is 3.10. The highest BCUT2D eigenvalue weighted by atomic mass is 35.5. The van der Waals surface area contributed by atoms with E-state index in [0.717, 1.165) is 16.3 Å². The number of ether oxygens (including phenoxy) is 1. The lowest BCUT2D eigenvalue weighted by Gasteiger charge is -2.16. The fourth-order valence-electron chi connectivity index (χ4n) is 1.90. The third-order valence-electron chi connectivity index (χ3n) is 2.87. The van der Waals surface area contributed by atoms with Crippen molar-refractivity contribution >= 4 is 17.3 Å². The van der Waals surface area contributed by atoms with E-state index in [1.54, 1.807) is 0 Å². The number of halogens is 1. The minimum absolute atomic E-state index is 0.0489. The summed E-state index contributed by atoms with van der Waals surface area (Å²) in [6, 6.07) is 17.4. The number of anilines is 1. The van der Waals surface area contributed by atoms with Gasteiger partial charge in [-0.2, -0.15) is 5.26 Å². The lowest BCUT2D eigenvalue weighted by Crippen LogP contribution is -2.06. The Morgan fingerprint density at radius 2 is 2.05 bits per heavy atom. The van der Waals surface area contributed by atoms with Gasteiger partial charge < -0.3 is 10.1 Å². The van der Waals surface area contributed by atoms with Crippen molar-refractivity contribution in [3.05, 3.63) is 59.1 Å². The Hall–Kier alpha value is -2.18. The molecule has 0 saturated heterocycles. The molecule has 4 heteroatoms. The molecule has 1 unspecified atom stereocenters. The fourth-order valence-corrected chi connectivity index (χ4v) is 2.10. The Kier molecular flexibility index (Phi) is 4.86. The predicted molar refractivity (Wildman–Crippen MR) is 81.0 cm³/mol. The summed E-state index contributed by atoms with van der Waals surface area (Å²) in [4.78, 5) is 0. The quantitative estimate of drug-likeness (QED) is 0.885. The van der Waals surface area contributed by atoms with Gasteiger partial charge >= 0.3 is 0 Å². The Labute approximate surface area is 123 Å². The monoisotopic (exact) mass is 286 g/mol. The average Bonchev–Trinajstić information content (AvgIpc) is 2.45. The molecule has 0 aliphatic heterocycles. The molecule has 0 aromatic heterocycles. The molecule has 0 spiro atoms. The molecule has 0 amide bonds. The van der Waals surface area contributed by atoms with E-state index in [2.05, 4.69) is 12.2 Å². The van der Waals surface area contributed by atoms with E-state index >= 15 is 0 Å². The van der Waals surface area contributed by atoms with E-state index in [0.29, 0.717) is 5.75 Å². The van der Waals surface area contributed by atoms with Crippen LogP contribution in [0.15, 0.2) is 48.5 Å². The van der Waals surface area contributed by atoms with E-state index in [9.17, 15) is 0 Å². The first-order valence-corrected chi connectivity index (χ1v) is 6.68. The smallest absolute Gasteiger partial charge is 0.174 e. The van der Waals surface area contributed by atoms with Gasteiger partial charge in [0.2, 0.25) is 0 Å². The first-order valence-electron chi connectivity index (χ1n) is 6.31. The fraction of sp³-hybridized carbons (Fsp3) is 0.188. The lowest BCUT2D eigenvalue weighted by atomic mass is 10.1. The number of hydrogen-bond acceptors (Lipinski definition) is 3. The standard InChI is InChI=1S/C16H15ClN2O/c1-12(13-4-2-5-14(17)10-13)19-15-6-3-7-16(11-15)20-9-8-18/h2-7,10-12,19H,9H2,1H3. The highest BCUT2D eigenvalue weighted by Crippen LogP contribution is 2.24. The van der Waals surface area contributed by atoms with Crippen molar-refractivity contribution in [2.24, 2.45) is 0 Å². The molecule has 2 rings (SSSR count). The van der Waals surface area contributed by atoms with Gasteiger partial charge in [0, 0.05) is 22.8 Å². The van der Waals surface area contributed by atoms with Gasteiger partial charge in [-0.25, -0.2) is 0 Å². The van der Waals surface area contributed by atoms with Crippen LogP contribution in [0.2, 0.25) is 5.02 Å². The summed E-state index contributed by atoms with van der Waals surface area (Å²) in [7, 11) is 0. The van der Waals surface area contributed by atoms with Crippen molar-refractivity contribution in [3.63, 3.8) is 0 Å². The second-order valence-corrected chi connectivity index (χ2v) is 4.83. The van der Waals surface area contributed by atoms with Gasteiger partial charge in [0.25, 0.3) is 0 Å². The van der Waals surface area contributed by atoms with Gasteiger partial charge in [0.1, 0.15) is 11.8 Å². The Balaban J connectivity index is 2.08. The average molecular weight is 287 g/mol. The molecule has 0 aliphatic rings. The second-order valence-electron chi connectivity index (χ2n) is 4.40. The van der Waals surface area contributed by atoms with Crippen molar-refractivity contribution in [3.8, 4) is 11.8 Å². The molecule has 102 valence electrons. The molecule has 0 saturated carbocycles. The summed E-state index contributed by atoms with van der Waals surface area (Å²) in [5.74, 6) is 0.676. The molecule has 0 aliphatic carbocycles. The molecule has 20 heavy (non-hydrogen) atoms. The summed E-state index contributed by atoms with van der Waals surface area (Å²) in [5.41, 5.74) is 2.05. The van der Waals surface area contributed by atoms with Gasteiger partial charge in [0.05, 0.1) is 0 Å². The summed E-state index contributed by atoms with van der Waals surface area (Å²) in [6.45, 7) is 2.11. The van der Waals surface area contributed by atoms with Gasteiger partial charge in [-0.3, -0.25) is 0 Å². The summed E-state index contributed by atoms with van der Waals surface area (Å²) >= 11 is 6.00. The van der Waals surface area contributed by atoms with Crippen LogP contribution in [0.5, 0.6) is 5.75 Å².